The molecule has 4 atom stereocenters. The van der Waals surface area contributed by atoms with E-state index in [-0.39, 0.29) is 30.0 Å². The number of alkyl halides is 1. The molecule has 1 saturated heterocycles. The van der Waals surface area contributed by atoms with Crippen LogP contribution in [0.5, 0.6) is 0 Å². The van der Waals surface area contributed by atoms with Gasteiger partial charge in [0.15, 0.2) is 0 Å². The Kier molecular flexibility index (Phi) is 4.63. The third-order valence-electron chi connectivity index (χ3n) is 3.89. The zero-order chi connectivity index (χ0) is 14.0. The molecule has 0 bridgehead atoms. The lowest BCUT2D eigenvalue weighted by atomic mass is 9.89. The SMILES string of the molecule is CC1OC(C)C(C(=O)Nc2cccc(CBr)c2)C1C. The van der Waals surface area contributed by atoms with Crippen LogP contribution in [0.3, 0.4) is 0 Å². The van der Waals surface area contributed by atoms with Gasteiger partial charge < -0.3 is 10.1 Å². The molecule has 4 unspecified atom stereocenters. The predicted octanol–water partition coefficient (Wildman–Crippen LogP) is 3.58. The van der Waals surface area contributed by atoms with Crippen LogP contribution in [0.1, 0.15) is 26.3 Å². The molecule has 1 aliphatic heterocycles. The monoisotopic (exact) mass is 325 g/mol. The first-order chi connectivity index (χ1) is 9.02. The Bertz CT molecular complexity index is 463. The number of benzene rings is 1. The van der Waals surface area contributed by atoms with E-state index >= 15 is 0 Å². The number of hydrogen-bond donors (Lipinski definition) is 1. The largest absolute Gasteiger partial charge is 0.374 e. The third kappa shape index (κ3) is 3.18. The molecular weight excluding hydrogens is 306 g/mol. The maximum Gasteiger partial charge on any atom is 0.230 e. The first kappa shape index (κ1) is 14.5. The van der Waals surface area contributed by atoms with Crippen molar-refractivity contribution < 1.29 is 9.53 Å². The van der Waals surface area contributed by atoms with Crippen molar-refractivity contribution in [2.45, 2.75) is 38.3 Å². The fourth-order valence-corrected chi connectivity index (χ4v) is 3.03. The summed E-state index contributed by atoms with van der Waals surface area (Å²) in [5.74, 6) is 0.216. The number of rotatable bonds is 3. The van der Waals surface area contributed by atoms with E-state index in [4.69, 9.17) is 4.74 Å². The molecule has 3 nitrogen and oxygen atoms in total. The van der Waals surface area contributed by atoms with Crippen molar-refractivity contribution in [2.75, 3.05) is 5.32 Å². The van der Waals surface area contributed by atoms with E-state index in [0.717, 1.165) is 16.6 Å². The van der Waals surface area contributed by atoms with Gasteiger partial charge in [0.2, 0.25) is 5.91 Å². The Morgan fingerprint density at radius 1 is 1.32 bits per heavy atom. The van der Waals surface area contributed by atoms with E-state index in [9.17, 15) is 4.79 Å². The van der Waals surface area contributed by atoms with Crippen LogP contribution in [-0.2, 0) is 14.9 Å². The molecule has 2 rings (SSSR count). The molecule has 0 radical (unpaired) electrons. The van der Waals surface area contributed by atoms with E-state index in [1.165, 1.54) is 0 Å². The Hall–Kier alpha value is -0.870. The van der Waals surface area contributed by atoms with Crippen molar-refractivity contribution in [1.29, 1.82) is 0 Å². The number of carbonyl (C=O) groups excluding carboxylic acids is 1. The summed E-state index contributed by atoms with van der Waals surface area (Å²) in [7, 11) is 0. The summed E-state index contributed by atoms with van der Waals surface area (Å²) in [5.41, 5.74) is 2.00. The van der Waals surface area contributed by atoms with Gasteiger partial charge in [-0.15, -0.1) is 0 Å². The van der Waals surface area contributed by atoms with Crippen molar-refractivity contribution in [2.24, 2.45) is 11.8 Å². The Balaban J connectivity index is 2.08. The molecule has 104 valence electrons. The second kappa shape index (κ2) is 6.06. The fraction of sp³-hybridized carbons (Fsp3) is 0.533. The number of hydrogen-bond acceptors (Lipinski definition) is 2. The van der Waals surface area contributed by atoms with Crippen LogP contribution in [0.2, 0.25) is 0 Å². The smallest absolute Gasteiger partial charge is 0.230 e. The minimum absolute atomic E-state index is 0.0237. The number of anilines is 1. The van der Waals surface area contributed by atoms with E-state index in [2.05, 4.69) is 28.2 Å². The molecule has 4 heteroatoms. The van der Waals surface area contributed by atoms with Gasteiger partial charge in [-0.05, 0) is 37.5 Å². The van der Waals surface area contributed by atoms with Crippen molar-refractivity contribution in [3.8, 4) is 0 Å². The minimum atomic E-state index is -0.0809. The number of ether oxygens (including phenoxy) is 1. The lowest BCUT2D eigenvalue weighted by molar-refractivity contribution is -0.121. The molecule has 1 N–H and O–H groups in total. The standard InChI is InChI=1S/C15H20BrNO2/c1-9-10(2)19-11(3)14(9)15(18)17-13-6-4-5-12(7-13)8-16/h4-7,9-11,14H,8H2,1-3H3,(H,17,18). The van der Waals surface area contributed by atoms with Gasteiger partial charge in [-0.3, -0.25) is 4.79 Å². The molecule has 0 spiro atoms. The maximum absolute atomic E-state index is 12.4. The summed E-state index contributed by atoms with van der Waals surface area (Å²) >= 11 is 3.42. The molecule has 1 amide bonds. The maximum atomic E-state index is 12.4. The van der Waals surface area contributed by atoms with Crippen LogP contribution >= 0.6 is 15.9 Å². The van der Waals surface area contributed by atoms with Crippen LogP contribution in [-0.4, -0.2) is 18.1 Å². The van der Waals surface area contributed by atoms with Gasteiger partial charge in [0.1, 0.15) is 0 Å². The zero-order valence-corrected chi connectivity index (χ0v) is 13.1. The second-order valence-electron chi connectivity index (χ2n) is 5.25. The fourth-order valence-electron chi connectivity index (χ4n) is 2.68. The summed E-state index contributed by atoms with van der Waals surface area (Å²) in [6, 6.07) is 7.88. The molecule has 1 aromatic rings. The van der Waals surface area contributed by atoms with Crippen LogP contribution in [0.4, 0.5) is 5.69 Å². The second-order valence-corrected chi connectivity index (χ2v) is 5.82. The van der Waals surface area contributed by atoms with Crippen LogP contribution < -0.4 is 5.32 Å². The number of amides is 1. The predicted molar refractivity (Wildman–Crippen MR) is 80.4 cm³/mol. The first-order valence-corrected chi connectivity index (χ1v) is 7.76. The molecule has 1 heterocycles. The highest BCUT2D eigenvalue weighted by Gasteiger charge is 2.41. The zero-order valence-electron chi connectivity index (χ0n) is 11.5. The molecule has 1 aliphatic rings. The van der Waals surface area contributed by atoms with Crippen LogP contribution in [0, 0.1) is 11.8 Å². The third-order valence-corrected chi connectivity index (χ3v) is 4.54. The molecular formula is C15H20BrNO2. The Morgan fingerprint density at radius 2 is 2.05 bits per heavy atom. The highest BCUT2D eigenvalue weighted by atomic mass is 79.9. The van der Waals surface area contributed by atoms with Gasteiger partial charge in [0.05, 0.1) is 18.1 Å². The van der Waals surface area contributed by atoms with Crippen LogP contribution in [0.15, 0.2) is 24.3 Å². The van der Waals surface area contributed by atoms with Crippen molar-refractivity contribution >= 4 is 27.5 Å². The molecule has 0 saturated carbocycles. The molecule has 1 aromatic carbocycles. The number of nitrogens with one attached hydrogen (secondary N) is 1. The topological polar surface area (TPSA) is 38.3 Å². The number of halogens is 1. The van der Waals surface area contributed by atoms with E-state index in [1.54, 1.807) is 0 Å². The van der Waals surface area contributed by atoms with Crippen LogP contribution in [0.25, 0.3) is 0 Å². The van der Waals surface area contributed by atoms with Gasteiger partial charge in [-0.25, -0.2) is 0 Å². The first-order valence-electron chi connectivity index (χ1n) is 6.64. The molecule has 0 aliphatic carbocycles. The van der Waals surface area contributed by atoms with Gasteiger partial charge in [0, 0.05) is 11.0 Å². The van der Waals surface area contributed by atoms with E-state index in [0.29, 0.717) is 0 Å². The van der Waals surface area contributed by atoms with Gasteiger partial charge in [-0.1, -0.05) is 35.0 Å². The average molecular weight is 326 g/mol. The van der Waals surface area contributed by atoms with Crippen molar-refractivity contribution in [1.82, 2.24) is 0 Å². The summed E-state index contributed by atoms with van der Waals surface area (Å²) in [6.07, 6.45) is 0.115. The number of carbonyl (C=O) groups is 1. The minimum Gasteiger partial charge on any atom is -0.374 e. The van der Waals surface area contributed by atoms with Crippen molar-refractivity contribution in [3.05, 3.63) is 29.8 Å². The van der Waals surface area contributed by atoms with Gasteiger partial charge in [-0.2, -0.15) is 0 Å². The van der Waals surface area contributed by atoms with Crippen molar-refractivity contribution in [3.63, 3.8) is 0 Å². The Morgan fingerprint density at radius 3 is 2.63 bits per heavy atom. The van der Waals surface area contributed by atoms with E-state index in [1.807, 2.05) is 38.1 Å². The summed E-state index contributed by atoms with van der Waals surface area (Å²) in [4.78, 5) is 12.4. The lowest BCUT2D eigenvalue weighted by Gasteiger charge is -2.18. The Labute approximate surface area is 122 Å². The summed E-state index contributed by atoms with van der Waals surface area (Å²) in [5, 5.41) is 3.78. The normalized spacial score (nSPS) is 30.3. The highest BCUT2D eigenvalue weighted by Crippen LogP contribution is 2.33. The highest BCUT2D eigenvalue weighted by molar-refractivity contribution is 9.08. The van der Waals surface area contributed by atoms with E-state index < -0.39 is 0 Å². The quantitative estimate of drug-likeness (QED) is 0.862. The molecule has 19 heavy (non-hydrogen) atoms. The lowest BCUT2D eigenvalue weighted by Crippen LogP contribution is -2.31. The average Bonchev–Trinajstić information content (AvgIpc) is 2.63. The summed E-state index contributed by atoms with van der Waals surface area (Å²) < 4.78 is 5.72. The van der Waals surface area contributed by atoms with Gasteiger partial charge >= 0.3 is 0 Å². The molecule has 1 fully saturated rings. The van der Waals surface area contributed by atoms with Gasteiger partial charge in [0.25, 0.3) is 0 Å². The summed E-state index contributed by atoms with van der Waals surface area (Å²) in [6.45, 7) is 6.08. The molecule has 0 aromatic heterocycles.